The summed E-state index contributed by atoms with van der Waals surface area (Å²) in [5.41, 5.74) is 0.554. The first kappa shape index (κ1) is 8.58. The van der Waals surface area contributed by atoms with E-state index in [4.69, 9.17) is 0 Å². The van der Waals surface area contributed by atoms with Gasteiger partial charge < -0.3 is 0 Å². The van der Waals surface area contributed by atoms with Gasteiger partial charge in [0, 0.05) is 5.33 Å². The molecule has 1 rings (SSSR count). The van der Waals surface area contributed by atoms with Crippen molar-refractivity contribution in [3.63, 3.8) is 0 Å². The van der Waals surface area contributed by atoms with Crippen molar-refractivity contribution in [1.29, 1.82) is 0 Å². The third-order valence-electron chi connectivity index (χ3n) is 2.68. The Bertz CT molecular complexity index is 106. The molecule has 0 atom stereocenters. The molecule has 60 valence electrons. The first-order valence-corrected chi connectivity index (χ1v) is 5.22. The van der Waals surface area contributed by atoms with Crippen LogP contribution in [-0.2, 0) is 0 Å². The molecule has 0 nitrogen and oxygen atoms in total. The molecule has 0 aliphatic heterocycles. The van der Waals surface area contributed by atoms with E-state index in [0.717, 1.165) is 11.8 Å². The van der Waals surface area contributed by atoms with Crippen LogP contribution in [0.4, 0.5) is 0 Å². The van der Waals surface area contributed by atoms with Gasteiger partial charge in [-0.1, -0.05) is 36.7 Å². The lowest BCUT2D eigenvalue weighted by molar-refractivity contribution is 0.0895. The summed E-state index contributed by atoms with van der Waals surface area (Å²) in [4.78, 5) is 0. The second kappa shape index (κ2) is 2.84. The summed E-state index contributed by atoms with van der Waals surface area (Å²) < 4.78 is 0. The Morgan fingerprint density at radius 2 is 1.80 bits per heavy atom. The molecule has 0 amide bonds. The van der Waals surface area contributed by atoms with Crippen molar-refractivity contribution < 1.29 is 0 Å². The molecular formula is C9H17Br. The molecule has 0 aromatic carbocycles. The van der Waals surface area contributed by atoms with E-state index in [-0.39, 0.29) is 0 Å². The molecule has 10 heavy (non-hydrogen) atoms. The highest BCUT2D eigenvalue weighted by atomic mass is 79.9. The van der Waals surface area contributed by atoms with Gasteiger partial charge in [-0.15, -0.1) is 0 Å². The molecule has 0 aromatic heterocycles. The van der Waals surface area contributed by atoms with Crippen LogP contribution in [0.25, 0.3) is 0 Å². The summed E-state index contributed by atoms with van der Waals surface area (Å²) in [6, 6.07) is 0. The minimum Gasteiger partial charge on any atom is -0.0925 e. The summed E-state index contributed by atoms with van der Waals surface area (Å²) in [5.74, 6) is 1.96. The van der Waals surface area contributed by atoms with Gasteiger partial charge in [0.15, 0.2) is 0 Å². The minimum absolute atomic E-state index is 0.554. The highest BCUT2D eigenvalue weighted by Gasteiger charge is 2.36. The summed E-state index contributed by atoms with van der Waals surface area (Å²) >= 11 is 3.52. The second-order valence-electron chi connectivity index (χ2n) is 4.55. The molecule has 0 unspecified atom stereocenters. The van der Waals surface area contributed by atoms with E-state index in [1.165, 1.54) is 18.2 Å². The molecule has 0 saturated heterocycles. The standard InChI is InChI=1S/C9H17Br/c1-9(2,3)8-4-7(5-8)6-10/h7-8H,4-6H2,1-3H3. The fraction of sp³-hybridized carbons (Fsp3) is 1.00. The maximum Gasteiger partial charge on any atom is 0.00598 e. The summed E-state index contributed by atoms with van der Waals surface area (Å²) in [5, 5.41) is 1.21. The third kappa shape index (κ3) is 1.75. The van der Waals surface area contributed by atoms with Crippen LogP contribution in [0, 0.1) is 17.3 Å². The number of rotatable bonds is 1. The Morgan fingerprint density at radius 1 is 1.30 bits per heavy atom. The van der Waals surface area contributed by atoms with Crippen molar-refractivity contribution in [2.75, 3.05) is 5.33 Å². The Morgan fingerprint density at radius 3 is 2.10 bits per heavy atom. The summed E-state index contributed by atoms with van der Waals surface area (Å²) in [6.45, 7) is 7.05. The van der Waals surface area contributed by atoms with E-state index >= 15 is 0 Å². The Balaban J connectivity index is 2.26. The van der Waals surface area contributed by atoms with E-state index in [1.807, 2.05) is 0 Å². The van der Waals surface area contributed by atoms with Crippen LogP contribution in [-0.4, -0.2) is 5.33 Å². The van der Waals surface area contributed by atoms with Crippen molar-refractivity contribution in [2.45, 2.75) is 33.6 Å². The molecule has 0 heterocycles. The lowest BCUT2D eigenvalue weighted by atomic mass is 9.64. The molecule has 0 bridgehead atoms. The molecule has 1 saturated carbocycles. The van der Waals surface area contributed by atoms with Gasteiger partial charge in [0.05, 0.1) is 0 Å². The normalized spacial score (nSPS) is 33.6. The molecule has 1 aliphatic carbocycles. The van der Waals surface area contributed by atoms with Crippen LogP contribution in [0.15, 0.2) is 0 Å². The highest BCUT2D eigenvalue weighted by molar-refractivity contribution is 9.09. The van der Waals surface area contributed by atoms with E-state index in [0.29, 0.717) is 5.41 Å². The van der Waals surface area contributed by atoms with Gasteiger partial charge in [-0.05, 0) is 30.1 Å². The zero-order valence-electron chi connectivity index (χ0n) is 7.15. The zero-order chi connectivity index (χ0) is 7.78. The SMILES string of the molecule is CC(C)(C)C1CC(CBr)C1. The fourth-order valence-corrected chi connectivity index (χ4v) is 2.10. The quantitative estimate of drug-likeness (QED) is 0.575. The molecule has 1 fully saturated rings. The van der Waals surface area contributed by atoms with Crippen molar-refractivity contribution in [2.24, 2.45) is 17.3 Å². The summed E-state index contributed by atoms with van der Waals surface area (Å²) in [6.07, 6.45) is 2.88. The molecule has 1 heteroatoms. The lowest BCUT2D eigenvalue weighted by Crippen LogP contribution is -2.34. The van der Waals surface area contributed by atoms with Crippen molar-refractivity contribution in [1.82, 2.24) is 0 Å². The zero-order valence-corrected chi connectivity index (χ0v) is 8.74. The van der Waals surface area contributed by atoms with Crippen molar-refractivity contribution in [3.8, 4) is 0 Å². The van der Waals surface area contributed by atoms with Gasteiger partial charge in [-0.3, -0.25) is 0 Å². The van der Waals surface area contributed by atoms with Gasteiger partial charge >= 0.3 is 0 Å². The van der Waals surface area contributed by atoms with E-state index in [1.54, 1.807) is 0 Å². The average molecular weight is 205 g/mol. The lowest BCUT2D eigenvalue weighted by Gasteiger charge is -2.43. The van der Waals surface area contributed by atoms with Crippen LogP contribution >= 0.6 is 15.9 Å². The van der Waals surface area contributed by atoms with Crippen LogP contribution in [0.5, 0.6) is 0 Å². The smallest absolute Gasteiger partial charge is 0.00598 e. The van der Waals surface area contributed by atoms with Gasteiger partial charge in [0.2, 0.25) is 0 Å². The Hall–Kier alpha value is 0.480. The Labute approximate surface area is 72.5 Å². The van der Waals surface area contributed by atoms with E-state index in [9.17, 15) is 0 Å². The number of hydrogen-bond acceptors (Lipinski definition) is 0. The molecule has 1 aliphatic rings. The largest absolute Gasteiger partial charge is 0.0925 e. The molecular weight excluding hydrogens is 188 g/mol. The topological polar surface area (TPSA) is 0 Å². The molecule has 0 aromatic rings. The van der Waals surface area contributed by atoms with Crippen LogP contribution in [0.3, 0.4) is 0 Å². The van der Waals surface area contributed by atoms with Gasteiger partial charge in [-0.25, -0.2) is 0 Å². The van der Waals surface area contributed by atoms with Crippen LogP contribution in [0.2, 0.25) is 0 Å². The van der Waals surface area contributed by atoms with Crippen molar-refractivity contribution in [3.05, 3.63) is 0 Å². The van der Waals surface area contributed by atoms with E-state index < -0.39 is 0 Å². The first-order chi connectivity index (χ1) is 4.54. The van der Waals surface area contributed by atoms with Crippen LogP contribution in [0.1, 0.15) is 33.6 Å². The maximum atomic E-state index is 3.52. The fourth-order valence-electron chi connectivity index (χ4n) is 1.57. The molecule has 0 N–H and O–H groups in total. The predicted octanol–water partition coefficient (Wildman–Crippen LogP) is 3.45. The minimum atomic E-state index is 0.554. The Kier molecular flexibility index (Phi) is 2.44. The first-order valence-electron chi connectivity index (χ1n) is 4.10. The predicted molar refractivity (Wildman–Crippen MR) is 49.5 cm³/mol. The van der Waals surface area contributed by atoms with Crippen molar-refractivity contribution >= 4 is 15.9 Å². The monoisotopic (exact) mass is 204 g/mol. The maximum absolute atomic E-state index is 3.52. The summed E-state index contributed by atoms with van der Waals surface area (Å²) in [7, 11) is 0. The number of hydrogen-bond donors (Lipinski definition) is 0. The highest BCUT2D eigenvalue weighted by Crippen LogP contribution is 2.45. The number of alkyl halides is 1. The van der Waals surface area contributed by atoms with Gasteiger partial charge in [0.25, 0.3) is 0 Å². The number of halogens is 1. The molecule has 0 radical (unpaired) electrons. The third-order valence-corrected chi connectivity index (χ3v) is 3.59. The average Bonchev–Trinajstić information content (AvgIpc) is 1.57. The molecule has 0 spiro atoms. The van der Waals surface area contributed by atoms with Crippen LogP contribution < -0.4 is 0 Å². The second-order valence-corrected chi connectivity index (χ2v) is 5.20. The van der Waals surface area contributed by atoms with Gasteiger partial charge in [-0.2, -0.15) is 0 Å². The van der Waals surface area contributed by atoms with E-state index in [2.05, 4.69) is 36.7 Å². The van der Waals surface area contributed by atoms with Gasteiger partial charge in [0.1, 0.15) is 0 Å².